The van der Waals surface area contributed by atoms with E-state index in [1.54, 1.807) is 0 Å². The summed E-state index contributed by atoms with van der Waals surface area (Å²) in [6, 6.07) is 20.1. The minimum Gasteiger partial charge on any atom is -0.375 e. The molecule has 2 aromatic rings. The Kier molecular flexibility index (Phi) is 6.31. The fourth-order valence-electron chi connectivity index (χ4n) is 4.92. The molecule has 0 unspecified atom stereocenters. The highest BCUT2D eigenvalue weighted by Gasteiger charge is 2.48. The average molecular weight is 393 g/mol. The lowest BCUT2D eigenvalue weighted by Crippen LogP contribution is -2.56. The minimum atomic E-state index is -1.38. The SMILES string of the molecule is O=C(N1CCN(CCc2ccccc2)CC1)[C@](O)(c1ccccc1)C1CCCC1. The Morgan fingerprint density at radius 1 is 0.897 bits per heavy atom. The van der Waals surface area contributed by atoms with Gasteiger partial charge in [0.2, 0.25) is 0 Å². The molecule has 1 saturated carbocycles. The maximum atomic E-state index is 13.6. The van der Waals surface area contributed by atoms with Crippen LogP contribution in [0.2, 0.25) is 0 Å². The van der Waals surface area contributed by atoms with E-state index in [4.69, 9.17) is 0 Å². The van der Waals surface area contributed by atoms with Gasteiger partial charge in [0.15, 0.2) is 5.60 Å². The lowest BCUT2D eigenvalue weighted by molar-refractivity contribution is -0.161. The first-order valence-electron chi connectivity index (χ1n) is 11.0. The number of rotatable bonds is 6. The molecule has 29 heavy (non-hydrogen) atoms. The second-order valence-corrected chi connectivity index (χ2v) is 8.48. The first kappa shape index (κ1) is 20.1. The van der Waals surface area contributed by atoms with Crippen molar-refractivity contribution in [3.8, 4) is 0 Å². The summed E-state index contributed by atoms with van der Waals surface area (Å²) >= 11 is 0. The summed E-state index contributed by atoms with van der Waals surface area (Å²) in [6.45, 7) is 4.13. The van der Waals surface area contributed by atoms with Gasteiger partial charge in [0, 0.05) is 38.6 Å². The second-order valence-electron chi connectivity index (χ2n) is 8.48. The van der Waals surface area contributed by atoms with Crippen LogP contribution in [0, 0.1) is 5.92 Å². The molecule has 1 saturated heterocycles. The number of hydrogen-bond acceptors (Lipinski definition) is 3. The number of piperazine rings is 1. The summed E-state index contributed by atoms with van der Waals surface area (Å²) in [5.41, 5.74) is 0.721. The molecule has 0 aromatic heterocycles. The van der Waals surface area contributed by atoms with Crippen molar-refractivity contribution >= 4 is 5.91 Å². The van der Waals surface area contributed by atoms with Crippen molar-refractivity contribution in [2.45, 2.75) is 37.7 Å². The van der Waals surface area contributed by atoms with Crippen LogP contribution < -0.4 is 0 Å². The van der Waals surface area contributed by atoms with Gasteiger partial charge < -0.3 is 10.0 Å². The fourth-order valence-corrected chi connectivity index (χ4v) is 4.92. The Bertz CT molecular complexity index is 781. The van der Waals surface area contributed by atoms with E-state index in [1.165, 1.54) is 5.56 Å². The van der Waals surface area contributed by atoms with Gasteiger partial charge >= 0.3 is 0 Å². The summed E-state index contributed by atoms with van der Waals surface area (Å²) in [7, 11) is 0. The summed E-state index contributed by atoms with van der Waals surface area (Å²) in [5.74, 6) is -0.0770. The van der Waals surface area contributed by atoms with Gasteiger partial charge in [-0.05, 0) is 30.4 Å². The number of benzene rings is 2. The molecule has 1 aliphatic carbocycles. The third-order valence-corrected chi connectivity index (χ3v) is 6.70. The number of carbonyl (C=O) groups is 1. The molecule has 0 bridgehead atoms. The van der Waals surface area contributed by atoms with Gasteiger partial charge in [0.05, 0.1) is 0 Å². The highest BCUT2D eigenvalue weighted by Crippen LogP contribution is 2.42. The topological polar surface area (TPSA) is 43.8 Å². The van der Waals surface area contributed by atoms with Crippen LogP contribution in [-0.4, -0.2) is 53.5 Å². The Morgan fingerprint density at radius 3 is 2.10 bits per heavy atom. The quantitative estimate of drug-likeness (QED) is 0.819. The van der Waals surface area contributed by atoms with E-state index in [9.17, 15) is 9.90 Å². The van der Waals surface area contributed by atoms with Crippen LogP contribution in [0.5, 0.6) is 0 Å². The molecule has 2 fully saturated rings. The van der Waals surface area contributed by atoms with Gasteiger partial charge in [0.25, 0.3) is 5.91 Å². The van der Waals surface area contributed by atoms with Gasteiger partial charge in [0.1, 0.15) is 0 Å². The monoisotopic (exact) mass is 392 g/mol. The third kappa shape index (κ3) is 4.39. The van der Waals surface area contributed by atoms with E-state index in [2.05, 4.69) is 29.2 Å². The first-order valence-corrected chi connectivity index (χ1v) is 11.0. The number of carbonyl (C=O) groups excluding carboxylic acids is 1. The van der Waals surface area contributed by atoms with Crippen molar-refractivity contribution in [1.82, 2.24) is 9.80 Å². The molecule has 1 amide bonds. The highest BCUT2D eigenvalue weighted by atomic mass is 16.3. The minimum absolute atomic E-state index is 0.0218. The molecule has 1 N–H and O–H groups in total. The maximum Gasteiger partial charge on any atom is 0.259 e. The predicted molar refractivity (Wildman–Crippen MR) is 115 cm³/mol. The Labute approximate surface area is 174 Å². The summed E-state index contributed by atoms with van der Waals surface area (Å²) in [5, 5.41) is 11.7. The second kappa shape index (κ2) is 9.10. The fraction of sp³-hybridized carbons (Fsp3) is 0.480. The maximum absolute atomic E-state index is 13.6. The van der Waals surface area contributed by atoms with Crippen LogP contribution >= 0.6 is 0 Å². The molecule has 0 spiro atoms. The molecule has 4 rings (SSSR count). The van der Waals surface area contributed by atoms with Gasteiger partial charge in [-0.2, -0.15) is 0 Å². The molecule has 2 aromatic carbocycles. The molecule has 1 atom stereocenters. The Hall–Kier alpha value is -2.17. The first-order chi connectivity index (χ1) is 14.2. The predicted octanol–water partition coefficient (Wildman–Crippen LogP) is 3.45. The lowest BCUT2D eigenvalue weighted by atomic mass is 9.79. The van der Waals surface area contributed by atoms with Crippen molar-refractivity contribution in [3.63, 3.8) is 0 Å². The highest BCUT2D eigenvalue weighted by molar-refractivity contribution is 5.87. The van der Waals surface area contributed by atoms with Gasteiger partial charge in [-0.1, -0.05) is 73.5 Å². The molecular formula is C25H32N2O2. The van der Waals surface area contributed by atoms with Crippen molar-refractivity contribution in [1.29, 1.82) is 0 Å². The molecule has 1 aliphatic heterocycles. The van der Waals surface area contributed by atoms with Crippen molar-refractivity contribution < 1.29 is 9.90 Å². The van der Waals surface area contributed by atoms with Gasteiger partial charge in [-0.3, -0.25) is 9.69 Å². The largest absolute Gasteiger partial charge is 0.375 e. The van der Waals surface area contributed by atoms with Gasteiger partial charge in [-0.15, -0.1) is 0 Å². The van der Waals surface area contributed by atoms with E-state index in [1.807, 2.05) is 41.3 Å². The van der Waals surface area contributed by atoms with Crippen molar-refractivity contribution in [2.75, 3.05) is 32.7 Å². The van der Waals surface area contributed by atoms with Crippen molar-refractivity contribution in [3.05, 3.63) is 71.8 Å². The molecule has 2 aliphatic rings. The summed E-state index contributed by atoms with van der Waals surface area (Å²) in [4.78, 5) is 17.9. The average Bonchev–Trinajstić information content (AvgIpc) is 3.34. The molecule has 1 heterocycles. The van der Waals surface area contributed by atoms with E-state index < -0.39 is 5.60 Å². The van der Waals surface area contributed by atoms with E-state index >= 15 is 0 Å². The number of nitrogens with zero attached hydrogens (tertiary/aromatic N) is 2. The van der Waals surface area contributed by atoms with E-state index in [-0.39, 0.29) is 11.8 Å². The van der Waals surface area contributed by atoms with Crippen molar-refractivity contribution in [2.24, 2.45) is 5.92 Å². The zero-order valence-corrected chi connectivity index (χ0v) is 17.2. The summed E-state index contributed by atoms with van der Waals surface area (Å²) in [6.07, 6.45) is 5.08. The molecule has 0 radical (unpaired) electrons. The molecule has 4 nitrogen and oxygen atoms in total. The Balaban J connectivity index is 1.40. The van der Waals surface area contributed by atoms with Crippen LogP contribution in [0.3, 0.4) is 0 Å². The molecule has 154 valence electrons. The number of aliphatic hydroxyl groups is 1. The Morgan fingerprint density at radius 2 is 1.48 bits per heavy atom. The van der Waals surface area contributed by atoms with Gasteiger partial charge in [-0.25, -0.2) is 0 Å². The number of amides is 1. The van der Waals surface area contributed by atoms with Crippen LogP contribution in [0.25, 0.3) is 0 Å². The van der Waals surface area contributed by atoms with E-state index in [0.717, 1.165) is 57.3 Å². The van der Waals surface area contributed by atoms with Crippen LogP contribution in [0.1, 0.15) is 36.8 Å². The van der Waals surface area contributed by atoms with E-state index in [0.29, 0.717) is 13.1 Å². The lowest BCUT2D eigenvalue weighted by Gasteiger charge is -2.41. The third-order valence-electron chi connectivity index (χ3n) is 6.70. The smallest absolute Gasteiger partial charge is 0.259 e. The summed E-state index contributed by atoms with van der Waals surface area (Å²) < 4.78 is 0. The molecular weight excluding hydrogens is 360 g/mol. The number of hydrogen-bond donors (Lipinski definition) is 1. The van der Waals surface area contributed by atoms with Crippen LogP contribution in [0.15, 0.2) is 60.7 Å². The standard InChI is InChI=1S/C25H32N2O2/c28-24(25(29,23-13-7-8-14-23)22-11-5-2-6-12-22)27-19-17-26(18-20-27)16-15-21-9-3-1-4-10-21/h1-6,9-12,23,29H,7-8,13-20H2/t25-/m0/s1. The van der Waals surface area contributed by atoms with Crippen LogP contribution in [0.4, 0.5) is 0 Å². The zero-order valence-electron chi connectivity index (χ0n) is 17.2. The zero-order chi connectivity index (χ0) is 20.1. The molecule has 4 heteroatoms. The normalized spacial score (nSPS) is 20.5. The van der Waals surface area contributed by atoms with Crippen LogP contribution in [-0.2, 0) is 16.8 Å².